The van der Waals surface area contributed by atoms with Crippen LogP contribution in [-0.4, -0.2) is 49.6 Å². The number of halogens is 1. The second-order valence-corrected chi connectivity index (χ2v) is 4.06. The Morgan fingerprint density at radius 2 is 1.73 bits per heavy atom. The van der Waals surface area contributed by atoms with Gasteiger partial charge in [-0.1, -0.05) is 0 Å². The molecule has 0 amide bonds. The van der Waals surface area contributed by atoms with E-state index in [-0.39, 0.29) is 5.88 Å². The number of ether oxygens (including phenoxy) is 1. The van der Waals surface area contributed by atoms with Crippen LogP contribution in [-0.2, 0) is 0 Å². The van der Waals surface area contributed by atoms with Gasteiger partial charge in [0.2, 0.25) is 5.88 Å². The first kappa shape index (κ1) is 12.8. The molecule has 8 heteroatoms. The highest BCUT2D eigenvalue weighted by Crippen LogP contribution is 2.27. The largest absolute Gasteiger partial charge is 0.493 e. The first-order chi connectivity index (χ1) is 6.72. The summed E-state index contributed by atoms with van der Waals surface area (Å²) in [6.07, 6.45) is 1.51. The van der Waals surface area contributed by atoms with E-state index in [2.05, 4.69) is 20.9 Å². The lowest BCUT2D eigenvalue weighted by Crippen LogP contribution is -2.51. The molecule has 0 unspecified atom stereocenters. The van der Waals surface area contributed by atoms with Crippen LogP contribution in [0.4, 0.5) is 0 Å². The lowest BCUT2D eigenvalue weighted by atomic mass is 9.28. The summed E-state index contributed by atoms with van der Waals surface area (Å²) in [5.74, 6) is 0.175. The molecule has 64 valence electrons. The molecule has 10 radical (unpaired) electrons. The molecule has 0 aliphatic rings. The number of hydrogen-bond donors (Lipinski definition) is 0. The third-order valence-corrected chi connectivity index (χ3v) is 2.12. The molecule has 15 heavy (non-hydrogen) atoms. The van der Waals surface area contributed by atoms with Crippen molar-refractivity contribution in [3.8, 4) is 5.88 Å². The molecule has 0 aliphatic heterocycles. The Labute approximate surface area is 104 Å². The van der Waals surface area contributed by atoms with E-state index in [1.807, 2.05) is 0 Å². The molecule has 1 aromatic heterocycles. The van der Waals surface area contributed by atoms with Crippen molar-refractivity contribution >= 4 is 55.2 Å². The minimum atomic E-state index is -1.91. The Kier molecular flexibility index (Phi) is 3.69. The summed E-state index contributed by atoms with van der Waals surface area (Å²) in [5.41, 5.74) is 0. The van der Waals surface area contributed by atoms with E-state index in [1.165, 1.54) is 6.20 Å². The fourth-order valence-electron chi connectivity index (χ4n) is 0.684. The molecule has 0 aliphatic carbocycles. The lowest BCUT2D eigenvalue weighted by molar-refractivity contribution is 0.232. The Morgan fingerprint density at radius 1 is 1.13 bits per heavy atom. The van der Waals surface area contributed by atoms with Crippen LogP contribution in [0, 0.1) is 0 Å². The second kappa shape index (κ2) is 4.32. The first-order valence-electron chi connectivity index (χ1n) is 3.97. The smallest absolute Gasteiger partial charge is 0.212 e. The lowest BCUT2D eigenvalue weighted by Gasteiger charge is -2.41. The molecule has 1 aromatic rings. The number of pyridine rings is 1. The van der Waals surface area contributed by atoms with E-state index in [4.69, 9.17) is 44.0 Å². The fourth-order valence-corrected chi connectivity index (χ4v) is 0.919. The molecule has 0 atom stereocenters. The van der Waals surface area contributed by atoms with E-state index in [0.717, 1.165) is 4.47 Å². The Balaban J connectivity index is 2.82. The quantitative estimate of drug-likeness (QED) is 0.694. The van der Waals surface area contributed by atoms with E-state index in [0.29, 0.717) is 0 Å². The Bertz CT molecular complexity index is 336. The molecule has 0 saturated carbocycles. The van der Waals surface area contributed by atoms with Gasteiger partial charge >= 0.3 is 0 Å². The van der Waals surface area contributed by atoms with Gasteiger partial charge in [-0.25, -0.2) is 4.98 Å². The standard InChI is InChI=1S/C7H3B5BrNO/c8-6(9,10)7(11,12)15-5-2-1-4(13)3-14-5/h1-3H. The van der Waals surface area contributed by atoms with Crippen molar-refractivity contribution in [2.24, 2.45) is 0 Å². The highest BCUT2D eigenvalue weighted by molar-refractivity contribution is 9.10. The third-order valence-electron chi connectivity index (χ3n) is 1.65. The summed E-state index contributed by atoms with van der Waals surface area (Å²) in [6.45, 7) is 0. The van der Waals surface area contributed by atoms with E-state index in [9.17, 15) is 0 Å². The van der Waals surface area contributed by atoms with E-state index >= 15 is 0 Å². The van der Waals surface area contributed by atoms with Crippen LogP contribution < -0.4 is 4.74 Å². The molecule has 0 N–H and O–H groups in total. The fraction of sp³-hybridized carbons (Fsp3) is 0.286. The zero-order chi connectivity index (χ0) is 11.7. The average molecular weight is 251 g/mol. The van der Waals surface area contributed by atoms with Crippen LogP contribution in [0.25, 0.3) is 0 Å². The van der Waals surface area contributed by atoms with Gasteiger partial charge in [0, 0.05) is 22.1 Å². The van der Waals surface area contributed by atoms with Crippen molar-refractivity contribution in [3.05, 3.63) is 22.8 Å². The Hall–Kier alpha value is -0.245. The highest BCUT2D eigenvalue weighted by Gasteiger charge is 2.32. The maximum Gasteiger partial charge on any atom is 0.212 e. The van der Waals surface area contributed by atoms with Crippen LogP contribution in [0.5, 0.6) is 5.88 Å². The van der Waals surface area contributed by atoms with Gasteiger partial charge in [-0.3, -0.25) is 0 Å². The first-order valence-corrected chi connectivity index (χ1v) is 4.76. The molecular weight excluding hydrogens is 248 g/mol. The van der Waals surface area contributed by atoms with Crippen LogP contribution in [0.3, 0.4) is 0 Å². The average Bonchev–Trinajstić information content (AvgIpc) is 2.06. The maximum atomic E-state index is 5.49. The predicted molar refractivity (Wildman–Crippen MR) is 66.8 cm³/mol. The number of rotatable bonds is 3. The van der Waals surface area contributed by atoms with E-state index < -0.39 is 10.5 Å². The molecule has 2 nitrogen and oxygen atoms in total. The molecule has 0 saturated heterocycles. The van der Waals surface area contributed by atoms with Gasteiger partial charge in [0.25, 0.3) is 0 Å². The summed E-state index contributed by atoms with van der Waals surface area (Å²) < 4.78 is 5.86. The van der Waals surface area contributed by atoms with Gasteiger partial charge in [-0.15, -0.1) is 5.11 Å². The SMILES string of the molecule is [B]C([B])([B])C([B])([B])Oc1ccc(Br)cn1. The molecule has 0 bridgehead atoms. The van der Waals surface area contributed by atoms with Crippen molar-refractivity contribution < 1.29 is 4.74 Å². The highest BCUT2D eigenvalue weighted by atomic mass is 79.9. The van der Waals surface area contributed by atoms with Crippen molar-refractivity contribution in [2.75, 3.05) is 0 Å². The normalized spacial score (nSPS) is 12.3. The third kappa shape index (κ3) is 3.37. The van der Waals surface area contributed by atoms with E-state index in [1.54, 1.807) is 12.1 Å². The van der Waals surface area contributed by atoms with Crippen molar-refractivity contribution in [1.29, 1.82) is 0 Å². The number of aromatic nitrogens is 1. The molecule has 1 rings (SSSR count). The molecule has 0 fully saturated rings. The summed E-state index contributed by atoms with van der Waals surface area (Å²) in [5, 5.41) is -3.78. The minimum absolute atomic E-state index is 0.175. The van der Waals surface area contributed by atoms with Crippen LogP contribution >= 0.6 is 15.9 Å². The van der Waals surface area contributed by atoms with Crippen LogP contribution in [0.1, 0.15) is 0 Å². The topological polar surface area (TPSA) is 22.1 Å². The van der Waals surface area contributed by atoms with Gasteiger partial charge in [0.1, 0.15) is 15.7 Å². The molecule has 0 aromatic carbocycles. The van der Waals surface area contributed by atoms with Gasteiger partial charge < -0.3 is 4.74 Å². The van der Waals surface area contributed by atoms with Crippen LogP contribution in [0.15, 0.2) is 22.8 Å². The summed E-state index contributed by atoms with van der Waals surface area (Å²) in [7, 11) is 27.0. The summed E-state index contributed by atoms with van der Waals surface area (Å²) in [6, 6.07) is 3.24. The number of nitrogens with zero attached hydrogens (tertiary/aromatic N) is 1. The monoisotopic (exact) mass is 251 g/mol. The zero-order valence-corrected chi connectivity index (χ0v) is 9.44. The van der Waals surface area contributed by atoms with Crippen molar-refractivity contribution in [1.82, 2.24) is 4.98 Å². The predicted octanol–water partition coefficient (Wildman–Crippen LogP) is -0.207. The maximum absolute atomic E-state index is 5.49. The van der Waals surface area contributed by atoms with Gasteiger partial charge in [-0.2, -0.15) is 0 Å². The van der Waals surface area contributed by atoms with Gasteiger partial charge in [0.05, 0.1) is 23.5 Å². The Morgan fingerprint density at radius 3 is 2.13 bits per heavy atom. The van der Waals surface area contributed by atoms with Gasteiger partial charge in [0.15, 0.2) is 0 Å². The molecule has 0 spiro atoms. The summed E-state index contributed by atoms with van der Waals surface area (Å²) in [4.78, 5) is 3.88. The second-order valence-electron chi connectivity index (χ2n) is 3.14. The summed E-state index contributed by atoms with van der Waals surface area (Å²) >= 11 is 3.21. The van der Waals surface area contributed by atoms with Crippen LogP contribution in [0.2, 0.25) is 5.11 Å². The van der Waals surface area contributed by atoms with Crippen molar-refractivity contribution in [3.63, 3.8) is 0 Å². The molecule has 1 heterocycles. The van der Waals surface area contributed by atoms with Gasteiger partial charge in [-0.05, 0) is 22.0 Å². The number of hydrogen-bond acceptors (Lipinski definition) is 2. The minimum Gasteiger partial charge on any atom is -0.493 e. The molecular formula is C7H3B5BrNO. The van der Waals surface area contributed by atoms with Crippen molar-refractivity contribution in [2.45, 2.75) is 10.5 Å². The zero-order valence-electron chi connectivity index (χ0n) is 7.85.